The molecule has 4 aliphatic heterocycles. The van der Waals surface area contributed by atoms with Crippen LogP contribution in [0.1, 0.15) is 151 Å². The normalized spacial score (nSPS) is 20.9. The third-order valence-electron chi connectivity index (χ3n) is 17.4. The van der Waals surface area contributed by atoms with Gasteiger partial charge in [-0.15, -0.1) is 0 Å². The van der Waals surface area contributed by atoms with Gasteiger partial charge in [0.2, 0.25) is 0 Å². The molecule has 0 amide bonds. The van der Waals surface area contributed by atoms with Gasteiger partial charge >= 0.3 is 33.0 Å². The van der Waals surface area contributed by atoms with Gasteiger partial charge in [-0.05, 0) is 200 Å². The van der Waals surface area contributed by atoms with Gasteiger partial charge in [0.05, 0.1) is 24.2 Å². The second-order valence-corrected chi connectivity index (χ2v) is 28.2. The van der Waals surface area contributed by atoms with Crippen LogP contribution in [-0.2, 0) is 33.0 Å². The number of piperidine rings is 4. The van der Waals surface area contributed by atoms with Gasteiger partial charge in [-0.1, -0.05) is 168 Å². The van der Waals surface area contributed by atoms with Crippen LogP contribution in [-0.4, -0.2) is 182 Å². The van der Waals surface area contributed by atoms with E-state index in [1.165, 1.54) is 77.0 Å². The summed E-state index contributed by atoms with van der Waals surface area (Å²) < 4.78 is 21.9. The molecular weight excluding hydrogens is 1410 g/mol. The van der Waals surface area contributed by atoms with Crippen molar-refractivity contribution < 1.29 is 72.4 Å². The minimum absolute atomic E-state index is 0. The summed E-state index contributed by atoms with van der Waals surface area (Å²) in [6, 6.07) is 20.8. The molecular formula is C70H94Cl6N8Ni2O8. The van der Waals surface area contributed by atoms with Crippen molar-refractivity contribution in [2.75, 3.05) is 105 Å². The quantitative estimate of drug-likeness (QED) is 0.0367. The van der Waals surface area contributed by atoms with Crippen molar-refractivity contribution in [3.63, 3.8) is 0 Å². The number of hydrogen-bond donors (Lipinski definition) is 0. The standard InChI is InChI=1S/2C34H48N4O4.2CHCl3.2Ni/c2*39-33-23-29(41-21-19-37-15-5-1-6-16-37)13-11-27(33)25-35-31-9-3-4-10-32(31)36-26-28-12-14-30(24-34(28)40)42-22-20-38-17-7-2-8-18-38;2*2-1(3)4;;/h2*11-14,23-26,31-32,39-40H,1-10,15-22H2;2*1H;;/q;;;;2*+2/p-4/t2*31-,32-;;;;/m11..../s1. The van der Waals surface area contributed by atoms with Crippen LogP contribution in [0.4, 0.5) is 0 Å². The van der Waals surface area contributed by atoms with Crippen molar-refractivity contribution in [1.29, 1.82) is 0 Å². The number of halogens is 6. The molecule has 0 aromatic heterocycles. The Kier molecular flexibility index (Phi) is 40.4. The van der Waals surface area contributed by atoms with Crippen LogP contribution >= 0.6 is 69.6 Å². The Hall–Kier alpha value is -3.47. The Morgan fingerprint density at radius 3 is 0.702 bits per heavy atom. The first-order valence-electron chi connectivity index (χ1n) is 33.4. The Bertz CT molecular complexity index is 2490. The zero-order valence-corrected chi connectivity index (χ0v) is 60.4. The maximum atomic E-state index is 12.7. The summed E-state index contributed by atoms with van der Waals surface area (Å²) in [7, 11) is 0. The second-order valence-electron chi connectivity index (χ2n) is 24.2. The predicted octanol–water partition coefficient (Wildman–Crippen LogP) is 12.8. The molecule has 2 saturated carbocycles. The predicted molar refractivity (Wildman–Crippen MR) is 372 cm³/mol. The van der Waals surface area contributed by atoms with E-state index in [-0.39, 0.29) is 80.1 Å². The zero-order chi connectivity index (χ0) is 65.1. The zero-order valence-electron chi connectivity index (χ0n) is 53.9. The fraction of sp³-hybridized carbons (Fsp3) is 0.600. The smallest absolute Gasteiger partial charge is 0.872 e. The molecule has 4 atom stereocenters. The van der Waals surface area contributed by atoms with Crippen LogP contribution in [0.25, 0.3) is 0 Å². The third-order valence-corrected chi connectivity index (χ3v) is 17.4. The van der Waals surface area contributed by atoms with Crippen molar-refractivity contribution in [2.24, 2.45) is 20.0 Å². The largest absolute Gasteiger partial charge is 2.00 e. The minimum Gasteiger partial charge on any atom is -0.872 e. The van der Waals surface area contributed by atoms with Crippen LogP contribution in [0.2, 0.25) is 0 Å². The molecule has 4 aromatic rings. The van der Waals surface area contributed by atoms with E-state index in [0.717, 1.165) is 130 Å². The molecule has 0 unspecified atom stereocenters. The van der Waals surface area contributed by atoms with Crippen molar-refractivity contribution >= 4 is 94.5 Å². The fourth-order valence-electron chi connectivity index (χ4n) is 12.3. The molecule has 4 heterocycles. The number of benzene rings is 4. The Morgan fingerprint density at radius 2 is 0.521 bits per heavy atom. The first-order chi connectivity index (χ1) is 44.7. The number of ether oxygens (including phenoxy) is 4. The van der Waals surface area contributed by atoms with Crippen LogP contribution in [0, 0.1) is 0 Å². The Balaban J connectivity index is 0.000000300. The van der Waals surface area contributed by atoms with Gasteiger partial charge in [-0.2, -0.15) is 0 Å². The van der Waals surface area contributed by atoms with Crippen molar-refractivity contribution in [3.05, 3.63) is 95.1 Å². The van der Waals surface area contributed by atoms with E-state index in [1.807, 2.05) is 24.3 Å². The van der Waals surface area contributed by atoms with Crippen LogP contribution in [0.5, 0.6) is 46.0 Å². The van der Waals surface area contributed by atoms with Crippen LogP contribution in [0.15, 0.2) is 92.8 Å². The Morgan fingerprint density at radius 1 is 0.330 bits per heavy atom. The molecule has 4 aromatic carbocycles. The van der Waals surface area contributed by atoms with Crippen LogP contribution < -0.4 is 39.4 Å². The average Bonchev–Trinajstić information content (AvgIpc) is 1.44. The molecule has 4 saturated heterocycles. The summed E-state index contributed by atoms with van der Waals surface area (Å²) in [5, 5.41) is 50.9. The summed E-state index contributed by atoms with van der Waals surface area (Å²) in [4.78, 5) is 28.8. The van der Waals surface area contributed by atoms with Crippen LogP contribution in [0.3, 0.4) is 0 Å². The van der Waals surface area contributed by atoms with Gasteiger partial charge in [-0.25, -0.2) is 0 Å². The number of rotatable bonds is 24. The average molecular weight is 1510 g/mol. The van der Waals surface area contributed by atoms with E-state index in [9.17, 15) is 20.4 Å². The molecule has 0 N–H and O–H groups in total. The van der Waals surface area contributed by atoms with Gasteiger partial charge in [0.25, 0.3) is 0 Å². The topological polar surface area (TPSA) is 192 Å². The number of likely N-dealkylation sites (tertiary alicyclic amines) is 4. The van der Waals surface area contributed by atoms with Gasteiger partial charge in [0, 0.05) is 51.0 Å². The molecule has 6 aliphatic rings. The summed E-state index contributed by atoms with van der Waals surface area (Å²) in [6.45, 7) is 15.0. The Labute approximate surface area is 609 Å². The molecule has 0 spiro atoms. The van der Waals surface area contributed by atoms with E-state index in [4.69, 9.17) is 109 Å². The van der Waals surface area contributed by atoms with E-state index in [2.05, 4.69) is 19.6 Å². The van der Waals surface area contributed by atoms with Crippen molar-refractivity contribution in [1.82, 2.24) is 19.6 Å². The molecule has 16 nitrogen and oxygen atoms in total. The van der Waals surface area contributed by atoms with Crippen molar-refractivity contribution in [2.45, 2.75) is 161 Å². The number of aliphatic imine (C=N–C) groups is 4. The molecule has 524 valence electrons. The van der Waals surface area contributed by atoms with E-state index < -0.39 is 8.59 Å². The number of hydrogen-bond acceptors (Lipinski definition) is 16. The second kappa shape index (κ2) is 46.7. The summed E-state index contributed by atoms with van der Waals surface area (Å²) in [6.07, 6.45) is 30.1. The maximum absolute atomic E-state index is 12.7. The van der Waals surface area contributed by atoms with Gasteiger partial charge < -0.3 is 39.4 Å². The molecule has 10 rings (SSSR count). The van der Waals surface area contributed by atoms with E-state index >= 15 is 0 Å². The van der Waals surface area contributed by atoms with Gasteiger partial charge in [0.1, 0.15) is 49.4 Å². The first-order valence-corrected chi connectivity index (χ1v) is 36.0. The summed E-state index contributed by atoms with van der Waals surface area (Å²) in [5.41, 5.74) is 2.24. The van der Waals surface area contributed by atoms with Gasteiger partial charge in [0.15, 0.2) is 8.59 Å². The monoisotopic (exact) mass is 1500 g/mol. The maximum Gasteiger partial charge on any atom is 2.00 e. The van der Waals surface area contributed by atoms with Crippen molar-refractivity contribution in [3.8, 4) is 46.0 Å². The molecule has 0 bridgehead atoms. The molecule has 2 aliphatic carbocycles. The first kappa shape index (κ1) is 81.2. The summed E-state index contributed by atoms with van der Waals surface area (Å²) >= 11 is 28.8. The molecule has 24 heteroatoms. The molecule has 6 fully saturated rings. The number of alkyl halides is 6. The third kappa shape index (κ3) is 31.6. The SMILES string of the molecule is ClC(Cl)Cl.ClC(Cl)Cl.[Ni+2].[Ni+2].[O-]c1cc(OCCN2CCCCC2)ccc1C=N[C@@H]1CCCC[C@H]1N=Cc1ccc(OCCN2CCCCC2)cc1[O-].[O-]c1cc(OCCN2CCCCC2)ccc1C=N[C@@H]1CCCC[C@H]1N=Cc1ccc(OCCN2CCCCC2)cc1[O-]. The van der Waals surface area contributed by atoms with E-state index in [1.54, 1.807) is 73.4 Å². The minimum atomic E-state index is -0.750. The summed E-state index contributed by atoms with van der Waals surface area (Å²) in [5.74, 6) is 2.11. The number of nitrogens with zero attached hydrogens (tertiary/aromatic N) is 8. The van der Waals surface area contributed by atoms with Gasteiger partial charge in [-0.3, -0.25) is 39.6 Å². The fourth-order valence-corrected chi connectivity index (χ4v) is 12.3. The van der Waals surface area contributed by atoms with E-state index in [0.29, 0.717) is 71.7 Å². The molecule has 94 heavy (non-hydrogen) atoms. The molecule has 0 radical (unpaired) electrons.